The quantitative estimate of drug-likeness (QED) is 0.627. The lowest BCUT2D eigenvalue weighted by atomic mass is 9.76. The third-order valence-electron chi connectivity index (χ3n) is 4.01. The molecule has 120 valence electrons. The molecule has 0 N–H and O–H groups in total. The lowest BCUT2D eigenvalue weighted by Crippen LogP contribution is -2.32. The maximum absolute atomic E-state index is 12.5. The number of halogens is 1. The fourth-order valence-electron chi connectivity index (χ4n) is 3.06. The maximum atomic E-state index is 12.5. The number of carbonyl (C=O) groups is 2. The van der Waals surface area contributed by atoms with E-state index in [0.717, 1.165) is 5.56 Å². The van der Waals surface area contributed by atoms with Gasteiger partial charge < -0.3 is 9.47 Å². The van der Waals surface area contributed by atoms with Gasteiger partial charge in [-0.3, -0.25) is 9.79 Å². The summed E-state index contributed by atoms with van der Waals surface area (Å²) in [5, 5.41) is 0. The summed E-state index contributed by atoms with van der Waals surface area (Å²) in [5.41, 5.74) is 2.48. The zero-order chi connectivity index (χ0) is 16.4. The monoisotopic (exact) mass is 333 g/mol. The van der Waals surface area contributed by atoms with Gasteiger partial charge in [0.2, 0.25) is 0 Å². The first-order chi connectivity index (χ1) is 11.1. The highest BCUT2D eigenvalue weighted by atomic mass is 35.5. The number of aliphatic imine (C=N–C) groups is 1. The van der Waals surface area contributed by atoms with E-state index in [1.54, 1.807) is 6.92 Å². The molecule has 23 heavy (non-hydrogen) atoms. The molecule has 6 heteroatoms. The van der Waals surface area contributed by atoms with Crippen molar-refractivity contribution in [1.82, 2.24) is 0 Å². The summed E-state index contributed by atoms with van der Waals surface area (Å²) in [6, 6.07) is 9.41. The molecule has 1 fully saturated rings. The molecule has 1 aromatic rings. The summed E-state index contributed by atoms with van der Waals surface area (Å²) in [5.74, 6) is -1.64. The largest absolute Gasteiger partial charge is 0.461 e. The maximum Gasteiger partial charge on any atom is 0.336 e. The van der Waals surface area contributed by atoms with E-state index in [0.29, 0.717) is 17.0 Å². The second-order valence-corrected chi connectivity index (χ2v) is 5.78. The van der Waals surface area contributed by atoms with E-state index in [1.807, 2.05) is 30.3 Å². The van der Waals surface area contributed by atoms with Gasteiger partial charge in [-0.15, -0.1) is 11.6 Å². The van der Waals surface area contributed by atoms with Crippen LogP contribution < -0.4 is 0 Å². The Morgan fingerprint density at radius 2 is 2.09 bits per heavy atom. The van der Waals surface area contributed by atoms with Crippen molar-refractivity contribution in [2.75, 3.05) is 19.1 Å². The molecule has 0 aliphatic carbocycles. The standard InChI is InChI=1S/C17H16ClNO4/c1-10-13(16(20)22-8-7-18)14(11-5-3-2-4-6-11)15-12(19-10)9-23-17(15)21/h2-6,14-15H,7-9H2,1H3. The molecule has 2 atom stereocenters. The van der Waals surface area contributed by atoms with Gasteiger partial charge in [0.15, 0.2) is 0 Å². The van der Waals surface area contributed by atoms with Crippen molar-refractivity contribution in [3.05, 3.63) is 47.2 Å². The van der Waals surface area contributed by atoms with Crippen molar-refractivity contribution in [1.29, 1.82) is 0 Å². The van der Waals surface area contributed by atoms with Gasteiger partial charge in [0.05, 0.1) is 17.2 Å². The normalized spacial score (nSPS) is 23.2. The van der Waals surface area contributed by atoms with Crippen molar-refractivity contribution >= 4 is 29.3 Å². The fourth-order valence-corrected chi connectivity index (χ4v) is 3.14. The molecule has 2 unspecified atom stereocenters. The van der Waals surface area contributed by atoms with Crippen LogP contribution in [0.25, 0.3) is 0 Å². The first-order valence-corrected chi connectivity index (χ1v) is 7.90. The predicted molar refractivity (Wildman–Crippen MR) is 85.4 cm³/mol. The number of ether oxygens (including phenoxy) is 2. The van der Waals surface area contributed by atoms with Crippen LogP contribution in [0, 0.1) is 5.92 Å². The van der Waals surface area contributed by atoms with Crippen molar-refractivity contribution < 1.29 is 19.1 Å². The van der Waals surface area contributed by atoms with Crippen LogP contribution in [0.1, 0.15) is 18.4 Å². The molecule has 0 bridgehead atoms. The third-order valence-corrected chi connectivity index (χ3v) is 4.16. The number of fused-ring (bicyclic) bond motifs is 1. The van der Waals surface area contributed by atoms with Gasteiger partial charge in [0.1, 0.15) is 19.1 Å². The van der Waals surface area contributed by atoms with Crippen molar-refractivity contribution in [3.63, 3.8) is 0 Å². The SMILES string of the molecule is CC1=C(C(=O)OCCCl)C(c2ccccc2)C2C(=O)OCC2=N1. The summed E-state index contributed by atoms with van der Waals surface area (Å²) in [4.78, 5) is 29.1. The minimum atomic E-state index is -0.570. The molecule has 2 heterocycles. The van der Waals surface area contributed by atoms with E-state index in [4.69, 9.17) is 21.1 Å². The molecule has 2 aliphatic rings. The molecule has 0 aromatic heterocycles. The van der Waals surface area contributed by atoms with Crippen LogP contribution in [0.5, 0.6) is 0 Å². The fraction of sp³-hybridized carbons (Fsp3) is 0.353. The van der Waals surface area contributed by atoms with Crippen LogP contribution in [0.2, 0.25) is 0 Å². The van der Waals surface area contributed by atoms with Crippen LogP contribution in [0.15, 0.2) is 46.6 Å². The topological polar surface area (TPSA) is 65.0 Å². The number of carbonyl (C=O) groups excluding carboxylic acids is 2. The number of allylic oxidation sites excluding steroid dienone is 1. The Morgan fingerprint density at radius 1 is 1.35 bits per heavy atom. The highest BCUT2D eigenvalue weighted by Crippen LogP contribution is 2.41. The second-order valence-electron chi connectivity index (χ2n) is 5.40. The lowest BCUT2D eigenvalue weighted by molar-refractivity contribution is -0.142. The zero-order valence-electron chi connectivity index (χ0n) is 12.6. The number of nitrogens with zero attached hydrogens (tertiary/aromatic N) is 1. The Balaban J connectivity index is 2.07. The van der Waals surface area contributed by atoms with E-state index >= 15 is 0 Å². The summed E-state index contributed by atoms with van der Waals surface area (Å²) >= 11 is 5.59. The first-order valence-electron chi connectivity index (χ1n) is 7.36. The van der Waals surface area contributed by atoms with Gasteiger partial charge in [0, 0.05) is 11.6 Å². The zero-order valence-corrected chi connectivity index (χ0v) is 13.4. The molecule has 0 amide bonds. The van der Waals surface area contributed by atoms with Crippen LogP contribution in [-0.4, -0.2) is 36.7 Å². The van der Waals surface area contributed by atoms with E-state index in [-0.39, 0.29) is 25.1 Å². The van der Waals surface area contributed by atoms with E-state index in [9.17, 15) is 9.59 Å². The van der Waals surface area contributed by atoms with Crippen molar-refractivity contribution in [2.24, 2.45) is 10.9 Å². The Hall–Kier alpha value is -2.14. The number of hydrogen-bond donors (Lipinski definition) is 0. The molecule has 3 rings (SSSR count). The van der Waals surface area contributed by atoms with E-state index < -0.39 is 17.8 Å². The summed E-state index contributed by atoms with van der Waals surface area (Å²) < 4.78 is 10.3. The Morgan fingerprint density at radius 3 is 2.78 bits per heavy atom. The first kappa shape index (κ1) is 15.7. The molecular weight excluding hydrogens is 318 g/mol. The molecular formula is C17H16ClNO4. The number of alkyl halides is 1. The molecule has 0 spiro atoms. The van der Waals surface area contributed by atoms with Gasteiger partial charge in [0.25, 0.3) is 0 Å². The van der Waals surface area contributed by atoms with Crippen LogP contribution in [0.3, 0.4) is 0 Å². The van der Waals surface area contributed by atoms with E-state index in [1.165, 1.54) is 0 Å². The third kappa shape index (κ3) is 2.88. The average Bonchev–Trinajstić information content (AvgIpc) is 2.93. The highest BCUT2D eigenvalue weighted by Gasteiger charge is 2.47. The number of rotatable bonds is 4. The predicted octanol–water partition coefficient (Wildman–Crippen LogP) is 2.45. The molecule has 0 radical (unpaired) electrons. The number of hydrogen-bond acceptors (Lipinski definition) is 5. The summed E-state index contributed by atoms with van der Waals surface area (Å²) in [6.07, 6.45) is 0. The lowest BCUT2D eigenvalue weighted by Gasteiger charge is -2.28. The number of benzene rings is 1. The van der Waals surface area contributed by atoms with Crippen molar-refractivity contribution in [2.45, 2.75) is 12.8 Å². The number of cyclic esters (lactones) is 1. The summed E-state index contributed by atoms with van der Waals surface area (Å²) in [7, 11) is 0. The Kier molecular flexibility index (Phi) is 4.48. The van der Waals surface area contributed by atoms with Crippen LogP contribution >= 0.6 is 11.6 Å². The minimum Gasteiger partial charge on any atom is -0.461 e. The second kappa shape index (κ2) is 6.54. The molecule has 1 aromatic carbocycles. The van der Waals surface area contributed by atoms with Crippen molar-refractivity contribution in [3.8, 4) is 0 Å². The minimum absolute atomic E-state index is 0.115. The van der Waals surface area contributed by atoms with Gasteiger partial charge in [-0.25, -0.2) is 4.79 Å². The van der Waals surface area contributed by atoms with Gasteiger partial charge in [-0.2, -0.15) is 0 Å². The smallest absolute Gasteiger partial charge is 0.336 e. The van der Waals surface area contributed by atoms with Gasteiger partial charge in [-0.1, -0.05) is 30.3 Å². The Labute approximate surface area is 138 Å². The summed E-state index contributed by atoms with van der Waals surface area (Å²) in [6.45, 7) is 2.04. The Bertz CT molecular complexity index is 696. The molecule has 1 saturated heterocycles. The molecule has 5 nitrogen and oxygen atoms in total. The van der Waals surface area contributed by atoms with E-state index in [2.05, 4.69) is 4.99 Å². The van der Waals surface area contributed by atoms with Crippen LogP contribution in [-0.2, 0) is 19.1 Å². The van der Waals surface area contributed by atoms with Gasteiger partial charge >= 0.3 is 11.9 Å². The molecule has 0 saturated carbocycles. The van der Waals surface area contributed by atoms with Gasteiger partial charge in [-0.05, 0) is 12.5 Å². The van der Waals surface area contributed by atoms with Crippen LogP contribution in [0.4, 0.5) is 0 Å². The molecule has 2 aliphatic heterocycles. The average molecular weight is 334 g/mol. The highest BCUT2D eigenvalue weighted by molar-refractivity contribution is 6.18. The number of esters is 2.